The number of nitrogens with one attached hydrogen (secondary N) is 1. The quantitative estimate of drug-likeness (QED) is 0.627. The minimum atomic E-state index is 0.0549. The number of hydrogen-bond donors (Lipinski definition) is 1. The zero-order chi connectivity index (χ0) is 21.5. The highest BCUT2D eigenvalue weighted by atomic mass is 32.2. The zero-order valence-corrected chi connectivity index (χ0v) is 19.1. The molecule has 0 bridgehead atoms. The van der Waals surface area contributed by atoms with Crippen molar-refractivity contribution in [3.05, 3.63) is 24.5 Å². The summed E-state index contributed by atoms with van der Waals surface area (Å²) in [5.74, 6) is 1.20. The third-order valence-electron chi connectivity index (χ3n) is 6.38. The van der Waals surface area contributed by atoms with Crippen LogP contribution in [-0.2, 0) is 16.1 Å². The molecule has 1 aliphatic carbocycles. The van der Waals surface area contributed by atoms with Crippen LogP contribution in [0.1, 0.15) is 39.0 Å². The van der Waals surface area contributed by atoms with E-state index in [9.17, 15) is 4.79 Å². The van der Waals surface area contributed by atoms with Crippen LogP contribution in [-0.4, -0.2) is 74.7 Å². The minimum absolute atomic E-state index is 0.0549. The molecular weight excluding hydrogens is 412 g/mol. The molecule has 0 radical (unpaired) electrons. The Morgan fingerprint density at radius 3 is 2.61 bits per heavy atom. The van der Waals surface area contributed by atoms with E-state index in [4.69, 9.17) is 4.74 Å². The van der Waals surface area contributed by atoms with Gasteiger partial charge >= 0.3 is 0 Å². The van der Waals surface area contributed by atoms with Crippen LogP contribution in [0.2, 0.25) is 0 Å². The highest BCUT2D eigenvalue weighted by molar-refractivity contribution is 7.99. The van der Waals surface area contributed by atoms with Crippen LogP contribution in [0, 0.1) is 0 Å². The fraction of sp³-hybridized carbons (Fsp3) is 0.636. The Bertz CT molecular complexity index is 847. The van der Waals surface area contributed by atoms with E-state index >= 15 is 0 Å². The first kappa shape index (κ1) is 22.2. The fourth-order valence-corrected chi connectivity index (χ4v) is 5.52. The molecule has 2 aliphatic rings. The van der Waals surface area contributed by atoms with Crippen LogP contribution in [0.15, 0.2) is 29.7 Å². The van der Waals surface area contributed by atoms with Gasteiger partial charge in [0.15, 0.2) is 11.0 Å². The molecule has 2 aromatic heterocycles. The summed E-state index contributed by atoms with van der Waals surface area (Å²) in [6.45, 7) is 7.03. The predicted molar refractivity (Wildman–Crippen MR) is 121 cm³/mol. The Morgan fingerprint density at radius 2 is 1.90 bits per heavy atom. The zero-order valence-electron chi connectivity index (χ0n) is 18.3. The summed E-state index contributed by atoms with van der Waals surface area (Å²) >= 11 is 1.44. The lowest BCUT2D eigenvalue weighted by atomic mass is 9.79. The van der Waals surface area contributed by atoms with Gasteiger partial charge in [-0.05, 0) is 31.9 Å². The van der Waals surface area contributed by atoms with E-state index in [0.29, 0.717) is 5.75 Å². The van der Waals surface area contributed by atoms with Gasteiger partial charge in [0.1, 0.15) is 0 Å². The van der Waals surface area contributed by atoms with Crippen LogP contribution >= 0.6 is 11.8 Å². The molecule has 0 unspecified atom stereocenters. The van der Waals surface area contributed by atoms with Gasteiger partial charge in [-0.15, -0.1) is 10.2 Å². The lowest BCUT2D eigenvalue weighted by Crippen LogP contribution is -2.59. The van der Waals surface area contributed by atoms with Crippen molar-refractivity contribution in [3.63, 3.8) is 0 Å². The summed E-state index contributed by atoms with van der Waals surface area (Å²) in [6, 6.07) is 3.85. The van der Waals surface area contributed by atoms with Gasteiger partial charge in [-0.25, -0.2) is 0 Å². The van der Waals surface area contributed by atoms with Crippen molar-refractivity contribution in [1.82, 2.24) is 30.0 Å². The fourth-order valence-electron chi connectivity index (χ4n) is 4.69. The molecule has 2 fully saturated rings. The minimum Gasteiger partial charge on any atom is -0.379 e. The topological polar surface area (TPSA) is 85.2 Å². The first-order valence-corrected chi connectivity index (χ1v) is 12.3. The largest absolute Gasteiger partial charge is 0.379 e. The number of rotatable bonds is 8. The predicted octanol–water partition coefficient (Wildman–Crippen LogP) is 2.60. The summed E-state index contributed by atoms with van der Waals surface area (Å²) in [5, 5.41) is 12.7. The number of ether oxygens (including phenoxy) is 1. The van der Waals surface area contributed by atoms with E-state index in [1.54, 1.807) is 12.4 Å². The van der Waals surface area contributed by atoms with Crippen LogP contribution in [0.25, 0.3) is 11.4 Å². The van der Waals surface area contributed by atoms with Gasteiger partial charge in [0.2, 0.25) is 5.91 Å². The van der Waals surface area contributed by atoms with Crippen molar-refractivity contribution in [3.8, 4) is 11.4 Å². The first-order chi connectivity index (χ1) is 15.2. The Balaban J connectivity index is 1.35. The molecule has 0 atom stereocenters. The molecule has 1 N–H and O–H groups in total. The SMILES string of the molecule is CCn1c(SCC(=O)NCC2(N3CCOCC3)CCCCC2)nnc1-c1ccncc1. The second-order valence-electron chi connectivity index (χ2n) is 8.24. The number of nitrogens with zero attached hydrogens (tertiary/aromatic N) is 5. The maximum atomic E-state index is 12.7. The monoisotopic (exact) mass is 444 g/mol. The van der Waals surface area contributed by atoms with E-state index in [1.807, 2.05) is 16.7 Å². The summed E-state index contributed by atoms with van der Waals surface area (Å²) in [5.41, 5.74) is 1.06. The second-order valence-corrected chi connectivity index (χ2v) is 9.18. The number of carbonyl (C=O) groups excluding carboxylic acids is 1. The normalized spacial score (nSPS) is 19.3. The Hall–Kier alpha value is -1.97. The molecule has 9 heteroatoms. The molecule has 168 valence electrons. The number of aromatic nitrogens is 4. The number of pyridine rings is 1. The van der Waals surface area contributed by atoms with Crippen molar-refractivity contribution >= 4 is 17.7 Å². The maximum Gasteiger partial charge on any atom is 0.230 e. The highest BCUT2D eigenvalue weighted by Crippen LogP contribution is 2.34. The van der Waals surface area contributed by atoms with Gasteiger partial charge in [-0.3, -0.25) is 14.7 Å². The lowest BCUT2D eigenvalue weighted by Gasteiger charge is -2.48. The van der Waals surface area contributed by atoms with Gasteiger partial charge in [0.25, 0.3) is 0 Å². The molecule has 0 aromatic carbocycles. The molecule has 1 saturated carbocycles. The lowest BCUT2D eigenvalue weighted by molar-refractivity contribution is -0.119. The molecule has 4 rings (SSSR count). The second kappa shape index (κ2) is 10.6. The van der Waals surface area contributed by atoms with Crippen molar-refractivity contribution in [2.24, 2.45) is 0 Å². The van der Waals surface area contributed by atoms with Crippen molar-refractivity contribution < 1.29 is 9.53 Å². The summed E-state index contributed by atoms with van der Waals surface area (Å²) in [4.78, 5) is 19.3. The van der Waals surface area contributed by atoms with E-state index in [0.717, 1.165) is 68.8 Å². The summed E-state index contributed by atoms with van der Waals surface area (Å²) in [6.07, 6.45) is 9.57. The number of amides is 1. The first-order valence-electron chi connectivity index (χ1n) is 11.3. The number of carbonyl (C=O) groups is 1. The van der Waals surface area contributed by atoms with E-state index in [2.05, 4.69) is 32.3 Å². The highest BCUT2D eigenvalue weighted by Gasteiger charge is 2.38. The molecule has 1 amide bonds. The molecule has 1 saturated heterocycles. The van der Waals surface area contributed by atoms with Crippen LogP contribution in [0.3, 0.4) is 0 Å². The average Bonchev–Trinajstić information content (AvgIpc) is 3.26. The maximum absolute atomic E-state index is 12.7. The third-order valence-corrected chi connectivity index (χ3v) is 7.35. The Kier molecular flexibility index (Phi) is 7.58. The van der Waals surface area contributed by atoms with Crippen molar-refractivity contribution in [2.45, 2.75) is 56.3 Å². The average molecular weight is 445 g/mol. The summed E-state index contributed by atoms with van der Waals surface area (Å²) in [7, 11) is 0. The third kappa shape index (κ3) is 5.27. The molecule has 31 heavy (non-hydrogen) atoms. The smallest absolute Gasteiger partial charge is 0.230 e. The van der Waals surface area contributed by atoms with Gasteiger partial charge in [-0.1, -0.05) is 31.0 Å². The number of morpholine rings is 1. The summed E-state index contributed by atoms with van der Waals surface area (Å²) < 4.78 is 7.60. The molecule has 2 aromatic rings. The number of hydrogen-bond acceptors (Lipinski definition) is 7. The van der Waals surface area contributed by atoms with Crippen LogP contribution in [0.4, 0.5) is 0 Å². The Labute approximate surface area is 188 Å². The molecule has 8 nitrogen and oxygen atoms in total. The Morgan fingerprint density at radius 1 is 1.16 bits per heavy atom. The standard InChI is InChI=1S/C22H32N6O2S/c1-2-28-20(18-6-10-23-11-7-18)25-26-21(28)31-16-19(29)24-17-22(8-4-3-5-9-22)27-12-14-30-15-13-27/h6-7,10-11H,2-5,8-9,12-17H2,1H3,(H,24,29). The van der Waals surface area contributed by atoms with Gasteiger partial charge in [0.05, 0.1) is 19.0 Å². The van der Waals surface area contributed by atoms with Crippen molar-refractivity contribution in [2.75, 3.05) is 38.6 Å². The van der Waals surface area contributed by atoms with Gasteiger partial charge < -0.3 is 14.6 Å². The molecule has 0 spiro atoms. The van der Waals surface area contributed by atoms with Crippen LogP contribution < -0.4 is 5.32 Å². The number of thioether (sulfide) groups is 1. The van der Waals surface area contributed by atoms with Gasteiger partial charge in [0, 0.05) is 49.7 Å². The van der Waals surface area contributed by atoms with E-state index in [1.165, 1.54) is 31.0 Å². The van der Waals surface area contributed by atoms with Crippen molar-refractivity contribution in [1.29, 1.82) is 0 Å². The molecular formula is C22H32N6O2S. The van der Waals surface area contributed by atoms with Crippen LogP contribution in [0.5, 0.6) is 0 Å². The van der Waals surface area contributed by atoms with Gasteiger partial charge in [-0.2, -0.15) is 0 Å². The molecule has 1 aliphatic heterocycles. The van der Waals surface area contributed by atoms with E-state index in [-0.39, 0.29) is 11.4 Å². The van der Waals surface area contributed by atoms with E-state index < -0.39 is 0 Å². The molecule has 3 heterocycles.